The highest BCUT2D eigenvalue weighted by atomic mass is 16.5. The SMILES string of the molecule is CC(C)CNC(=O)COc1cccc(-c2nc(Nc3ccc(/C(C=N)=C/N)cc3)c3cnn(C)c3n2)c1. The lowest BCUT2D eigenvalue weighted by molar-refractivity contribution is -0.123. The van der Waals surface area contributed by atoms with Gasteiger partial charge in [0.15, 0.2) is 18.1 Å². The number of aryl methyl sites for hydroxylation is 1. The van der Waals surface area contributed by atoms with Crippen LogP contribution in [0.15, 0.2) is 60.9 Å². The number of nitrogens with zero attached hydrogens (tertiary/aromatic N) is 4. The van der Waals surface area contributed by atoms with Crippen molar-refractivity contribution in [1.29, 1.82) is 5.41 Å². The normalized spacial score (nSPS) is 11.5. The molecular weight excluding hydrogens is 468 g/mol. The van der Waals surface area contributed by atoms with Crippen LogP contribution in [-0.4, -0.2) is 45.0 Å². The van der Waals surface area contributed by atoms with E-state index < -0.39 is 0 Å². The van der Waals surface area contributed by atoms with Crippen molar-refractivity contribution >= 4 is 40.2 Å². The number of carbonyl (C=O) groups is 1. The van der Waals surface area contributed by atoms with Gasteiger partial charge in [-0.15, -0.1) is 0 Å². The van der Waals surface area contributed by atoms with Gasteiger partial charge in [0.1, 0.15) is 11.6 Å². The number of aromatic nitrogens is 4. The molecule has 10 heteroatoms. The summed E-state index contributed by atoms with van der Waals surface area (Å²) in [5.74, 6) is 1.84. The summed E-state index contributed by atoms with van der Waals surface area (Å²) in [5.41, 5.74) is 9.29. The summed E-state index contributed by atoms with van der Waals surface area (Å²) in [6.07, 6.45) is 4.34. The van der Waals surface area contributed by atoms with Crippen molar-refractivity contribution in [3.63, 3.8) is 0 Å². The largest absolute Gasteiger partial charge is 0.484 e. The Labute approximate surface area is 215 Å². The number of anilines is 2. The second-order valence-corrected chi connectivity index (χ2v) is 8.88. The third-order valence-corrected chi connectivity index (χ3v) is 5.58. The number of rotatable bonds is 10. The molecule has 0 bridgehead atoms. The van der Waals surface area contributed by atoms with Crippen molar-refractivity contribution in [2.24, 2.45) is 18.7 Å². The maximum Gasteiger partial charge on any atom is 0.257 e. The molecule has 4 aromatic rings. The Morgan fingerprint density at radius 2 is 1.97 bits per heavy atom. The first kappa shape index (κ1) is 25.4. The maximum absolute atomic E-state index is 12.0. The van der Waals surface area contributed by atoms with Gasteiger partial charge in [-0.25, -0.2) is 9.97 Å². The maximum atomic E-state index is 12.0. The lowest BCUT2D eigenvalue weighted by Crippen LogP contribution is -2.31. The van der Waals surface area contributed by atoms with E-state index in [1.807, 2.05) is 63.4 Å². The summed E-state index contributed by atoms with van der Waals surface area (Å²) < 4.78 is 7.39. The number of allylic oxidation sites excluding steroid dienone is 1. The van der Waals surface area contributed by atoms with E-state index in [4.69, 9.17) is 25.8 Å². The van der Waals surface area contributed by atoms with E-state index >= 15 is 0 Å². The summed E-state index contributed by atoms with van der Waals surface area (Å²) in [4.78, 5) is 21.5. The van der Waals surface area contributed by atoms with Gasteiger partial charge >= 0.3 is 0 Å². The van der Waals surface area contributed by atoms with E-state index in [0.29, 0.717) is 41.1 Å². The average molecular weight is 499 g/mol. The number of fused-ring (bicyclic) bond motifs is 1. The van der Waals surface area contributed by atoms with Crippen LogP contribution in [0.2, 0.25) is 0 Å². The van der Waals surface area contributed by atoms with Crippen LogP contribution >= 0.6 is 0 Å². The molecule has 0 fully saturated rings. The molecule has 0 aliphatic heterocycles. The second-order valence-electron chi connectivity index (χ2n) is 8.88. The molecule has 2 aromatic heterocycles. The number of hydrogen-bond acceptors (Lipinski definition) is 8. The number of carbonyl (C=O) groups excluding carboxylic acids is 1. The molecule has 0 spiro atoms. The summed E-state index contributed by atoms with van der Waals surface area (Å²) in [7, 11) is 1.82. The fraction of sp³-hybridized carbons (Fsp3) is 0.222. The van der Waals surface area contributed by atoms with Crippen molar-refractivity contribution < 1.29 is 9.53 Å². The molecule has 0 saturated heterocycles. The summed E-state index contributed by atoms with van der Waals surface area (Å²) in [5, 5.41) is 18.8. The van der Waals surface area contributed by atoms with Gasteiger partial charge in [-0.05, 0) is 35.7 Å². The molecule has 10 nitrogen and oxygen atoms in total. The quantitative estimate of drug-likeness (QED) is 0.243. The Morgan fingerprint density at radius 1 is 1.19 bits per heavy atom. The summed E-state index contributed by atoms with van der Waals surface area (Å²) >= 11 is 0. The van der Waals surface area contributed by atoms with Crippen LogP contribution in [0, 0.1) is 11.3 Å². The van der Waals surface area contributed by atoms with Gasteiger partial charge in [0.2, 0.25) is 0 Å². The van der Waals surface area contributed by atoms with E-state index in [0.717, 1.165) is 22.2 Å². The first-order chi connectivity index (χ1) is 17.9. The number of amides is 1. The first-order valence-corrected chi connectivity index (χ1v) is 11.9. The molecule has 0 saturated carbocycles. The molecule has 1 amide bonds. The molecule has 2 aromatic carbocycles. The Hall–Kier alpha value is -4.73. The van der Waals surface area contributed by atoms with Crippen LogP contribution in [0.3, 0.4) is 0 Å². The van der Waals surface area contributed by atoms with Gasteiger partial charge < -0.3 is 26.5 Å². The Bertz CT molecular complexity index is 1440. The van der Waals surface area contributed by atoms with Gasteiger partial charge in [-0.3, -0.25) is 9.48 Å². The third kappa shape index (κ3) is 6.10. The third-order valence-electron chi connectivity index (χ3n) is 5.58. The van der Waals surface area contributed by atoms with E-state index in [1.54, 1.807) is 16.9 Å². The Balaban J connectivity index is 1.60. The minimum atomic E-state index is -0.168. The van der Waals surface area contributed by atoms with E-state index in [9.17, 15) is 4.79 Å². The minimum Gasteiger partial charge on any atom is -0.484 e. The lowest BCUT2D eigenvalue weighted by Gasteiger charge is -2.12. The lowest BCUT2D eigenvalue weighted by atomic mass is 10.1. The van der Waals surface area contributed by atoms with Crippen LogP contribution in [0.5, 0.6) is 5.75 Å². The zero-order valence-corrected chi connectivity index (χ0v) is 21.0. The van der Waals surface area contributed by atoms with E-state index in [2.05, 4.69) is 15.7 Å². The number of nitrogens with two attached hydrogens (primary N) is 1. The predicted octanol–water partition coefficient (Wildman–Crippen LogP) is 3.87. The molecule has 0 radical (unpaired) electrons. The van der Waals surface area contributed by atoms with Crippen molar-refractivity contribution in [2.45, 2.75) is 13.8 Å². The van der Waals surface area contributed by atoms with Gasteiger partial charge in [0, 0.05) is 42.8 Å². The van der Waals surface area contributed by atoms with Crippen LogP contribution in [-0.2, 0) is 11.8 Å². The fourth-order valence-electron chi connectivity index (χ4n) is 3.60. The smallest absolute Gasteiger partial charge is 0.257 e. The molecule has 4 rings (SSSR count). The summed E-state index contributed by atoms with van der Waals surface area (Å²) in [6.45, 7) is 4.61. The molecule has 0 aliphatic carbocycles. The minimum absolute atomic E-state index is 0.0698. The van der Waals surface area contributed by atoms with Gasteiger partial charge in [-0.2, -0.15) is 5.10 Å². The first-order valence-electron chi connectivity index (χ1n) is 11.9. The average Bonchev–Trinajstić information content (AvgIpc) is 3.29. The standard InChI is InChI=1S/C27H30N8O2/c1-17(2)14-30-24(36)16-37-22-6-4-5-19(11-22)25-33-26(23-15-31-35(3)27(23)34-25)32-21-9-7-18(8-10-21)20(12-28)13-29/h4-13,15,17,28H,14,16,29H2,1-3H3,(H,30,36)(H,32,33,34)/b20-13+,28-12?. The molecule has 37 heavy (non-hydrogen) atoms. The van der Waals surface area contributed by atoms with Gasteiger partial charge in [0.25, 0.3) is 5.91 Å². The number of nitrogens with one attached hydrogen (secondary N) is 3. The summed E-state index contributed by atoms with van der Waals surface area (Å²) in [6, 6.07) is 14.9. The molecule has 2 heterocycles. The van der Waals surface area contributed by atoms with Crippen molar-refractivity contribution in [3.05, 3.63) is 66.5 Å². The molecular formula is C27H30N8O2. The van der Waals surface area contributed by atoms with Crippen LogP contribution in [0.4, 0.5) is 11.5 Å². The van der Waals surface area contributed by atoms with E-state index in [-0.39, 0.29) is 12.5 Å². The van der Waals surface area contributed by atoms with Gasteiger partial charge in [-0.1, -0.05) is 38.1 Å². The van der Waals surface area contributed by atoms with Crippen molar-refractivity contribution in [1.82, 2.24) is 25.1 Å². The van der Waals surface area contributed by atoms with Crippen LogP contribution in [0.1, 0.15) is 19.4 Å². The molecule has 0 aliphatic rings. The zero-order valence-electron chi connectivity index (χ0n) is 21.0. The monoisotopic (exact) mass is 498 g/mol. The van der Waals surface area contributed by atoms with E-state index in [1.165, 1.54) is 12.4 Å². The molecule has 190 valence electrons. The molecule has 0 unspecified atom stereocenters. The van der Waals surface area contributed by atoms with Crippen LogP contribution < -0.4 is 21.1 Å². The van der Waals surface area contributed by atoms with Gasteiger partial charge in [0.05, 0.1) is 11.6 Å². The highest BCUT2D eigenvalue weighted by Gasteiger charge is 2.14. The highest BCUT2D eigenvalue weighted by molar-refractivity contribution is 6.08. The Kier molecular flexibility index (Phi) is 7.77. The molecule has 0 atom stereocenters. The van der Waals surface area contributed by atoms with Crippen molar-refractivity contribution in [2.75, 3.05) is 18.5 Å². The number of ether oxygens (including phenoxy) is 1. The predicted molar refractivity (Wildman–Crippen MR) is 146 cm³/mol. The van der Waals surface area contributed by atoms with Crippen molar-refractivity contribution in [3.8, 4) is 17.1 Å². The topological polar surface area (TPSA) is 144 Å². The second kappa shape index (κ2) is 11.3. The molecule has 5 N–H and O–H groups in total. The zero-order chi connectivity index (χ0) is 26.4. The highest BCUT2D eigenvalue weighted by Crippen LogP contribution is 2.29. The number of hydrogen-bond donors (Lipinski definition) is 4. The van der Waals surface area contributed by atoms with Crippen LogP contribution in [0.25, 0.3) is 28.0 Å². The Morgan fingerprint density at radius 3 is 2.68 bits per heavy atom. The fourth-order valence-corrected chi connectivity index (χ4v) is 3.60. The number of benzene rings is 2.